The number of hydrogen-bond donors (Lipinski definition) is 1. The summed E-state index contributed by atoms with van der Waals surface area (Å²) in [6, 6.07) is 10.9. The number of hydrazone groups is 1. The van der Waals surface area contributed by atoms with Crippen LogP contribution in [0.25, 0.3) is 0 Å². The number of rotatable bonds is 7. The van der Waals surface area contributed by atoms with Gasteiger partial charge in [0.05, 0.1) is 19.0 Å². The lowest BCUT2D eigenvalue weighted by atomic mass is 10.2. The molecule has 0 aliphatic carbocycles. The van der Waals surface area contributed by atoms with Crippen molar-refractivity contribution >= 4 is 45.9 Å². The van der Waals surface area contributed by atoms with Gasteiger partial charge in [-0.1, -0.05) is 29.3 Å². The fourth-order valence-electron chi connectivity index (χ4n) is 2.25. The fraction of sp³-hybridized carbons (Fsp3) is 0.158. The highest BCUT2D eigenvalue weighted by Crippen LogP contribution is 2.30. The van der Waals surface area contributed by atoms with Gasteiger partial charge in [-0.3, -0.25) is 5.43 Å². The second-order valence-electron chi connectivity index (χ2n) is 5.60. The van der Waals surface area contributed by atoms with E-state index in [2.05, 4.69) is 15.5 Å². The smallest absolute Gasteiger partial charge is 0.203 e. The summed E-state index contributed by atoms with van der Waals surface area (Å²) in [4.78, 5) is 4.29. The van der Waals surface area contributed by atoms with Crippen LogP contribution in [0.3, 0.4) is 0 Å². The molecule has 0 saturated heterocycles. The molecule has 27 heavy (non-hydrogen) atoms. The lowest BCUT2D eigenvalue weighted by Crippen LogP contribution is -1.99. The molecule has 1 aromatic heterocycles. The minimum atomic E-state index is 0.310. The number of hydrogen-bond acceptors (Lipinski definition) is 6. The molecular weight excluding hydrogens is 405 g/mol. The molecule has 0 amide bonds. The van der Waals surface area contributed by atoms with E-state index in [-0.39, 0.29) is 0 Å². The predicted molar refractivity (Wildman–Crippen MR) is 112 cm³/mol. The first-order valence-electron chi connectivity index (χ1n) is 8.01. The Bertz CT molecular complexity index is 960. The number of thiazole rings is 1. The summed E-state index contributed by atoms with van der Waals surface area (Å²) in [5.74, 6) is 1.22. The maximum Gasteiger partial charge on any atom is 0.203 e. The molecule has 0 bridgehead atoms. The van der Waals surface area contributed by atoms with Crippen LogP contribution in [0.15, 0.2) is 46.9 Å². The Kier molecular flexibility index (Phi) is 6.55. The number of benzene rings is 2. The van der Waals surface area contributed by atoms with Gasteiger partial charge in [-0.25, -0.2) is 4.98 Å². The van der Waals surface area contributed by atoms with Gasteiger partial charge in [-0.15, -0.1) is 11.3 Å². The summed E-state index contributed by atoms with van der Waals surface area (Å²) in [6.07, 6.45) is 1.69. The summed E-state index contributed by atoms with van der Waals surface area (Å²) in [5.41, 5.74) is 5.57. The van der Waals surface area contributed by atoms with E-state index in [1.807, 2.05) is 36.6 Å². The number of anilines is 1. The lowest BCUT2D eigenvalue weighted by molar-refractivity contribution is 0.284. The summed E-state index contributed by atoms with van der Waals surface area (Å²) < 4.78 is 11.3. The number of nitrogens with zero attached hydrogens (tertiary/aromatic N) is 2. The van der Waals surface area contributed by atoms with Crippen molar-refractivity contribution in [3.63, 3.8) is 0 Å². The first-order chi connectivity index (χ1) is 13.0. The summed E-state index contributed by atoms with van der Waals surface area (Å²) >= 11 is 13.6. The standard InChI is InChI=1S/C19H17Cl2N3O2S/c1-12-11-27-19(23-12)24-22-9-13-3-6-17(18(7-13)25-2)26-10-14-4-5-15(20)8-16(14)21/h3-9,11H,10H2,1-2H3,(H,23,24). The van der Waals surface area contributed by atoms with Crippen LogP contribution in [0.1, 0.15) is 16.8 Å². The normalized spacial score (nSPS) is 11.0. The molecule has 0 aliphatic rings. The molecule has 1 N–H and O–H groups in total. The predicted octanol–water partition coefficient (Wildman–Crippen LogP) is 5.79. The van der Waals surface area contributed by atoms with Gasteiger partial charge in [0, 0.05) is 21.0 Å². The van der Waals surface area contributed by atoms with E-state index in [1.165, 1.54) is 11.3 Å². The number of nitrogens with one attached hydrogen (secondary N) is 1. The Morgan fingerprint density at radius 3 is 2.74 bits per heavy atom. The van der Waals surface area contributed by atoms with E-state index in [9.17, 15) is 0 Å². The molecule has 140 valence electrons. The van der Waals surface area contributed by atoms with Crippen molar-refractivity contribution in [1.82, 2.24) is 4.98 Å². The van der Waals surface area contributed by atoms with Gasteiger partial charge in [0.1, 0.15) is 6.61 Å². The molecule has 0 fully saturated rings. The van der Waals surface area contributed by atoms with Crippen molar-refractivity contribution in [2.24, 2.45) is 5.10 Å². The molecule has 0 unspecified atom stereocenters. The maximum atomic E-state index is 6.18. The minimum absolute atomic E-state index is 0.310. The van der Waals surface area contributed by atoms with Gasteiger partial charge >= 0.3 is 0 Å². The zero-order valence-corrected chi connectivity index (χ0v) is 17.0. The van der Waals surface area contributed by atoms with Gasteiger partial charge in [0.25, 0.3) is 0 Å². The van der Waals surface area contributed by atoms with Gasteiger partial charge in [-0.05, 0) is 42.8 Å². The molecule has 0 aliphatic heterocycles. The van der Waals surface area contributed by atoms with Crippen molar-refractivity contribution < 1.29 is 9.47 Å². The molecule has 1 heterocycles. The number of aryl methyl sites for hydroxylation is 1. The molecule has 5 nitrogen and oxygen atoms in total. The van der Waals surface area contributed by atoms with Crippen LogP contribution in [0, 0.1) is 6.92 Å². The summed E-state index contributed by atoms with van der Waals surface area (Å²) in [7, 11) is 1.59. The number of aromatic nitrogens is 1. The van der Waals surface area contributed by atoms with Crippen LogP contribution in [0.5, 0.6) is 11.5 Å². The first kappa shape index (κ1) is 19.5. The Morgan fingerprint density at radius 1 is 1.19 bits per heavy atom. The fourth-order valence-corrected chi connectivity index (χ4v) is 3.35. The zero-order chi connectivity index (χ0) is 19.2. The number of halogens is 2. The molecule has 0 atom stereocenters. The molecule has 3 rings (SSSR count). The Labute approximate surface area is 171 Å². The largest absolute Gasteiger partial charge is 0.493 e. The molecule has 3 aromatic rings. The van der Waals surface area contributed by atoms with E-state index in [0.717, 1.165) is 22.0 Å². The van der Waals surface area contributed by atoms with E-state index >= 15 is 0 Å². The minimum Gasteiger partial charge on any atom is -0.493 e. The summed E-state index contributed by atoms with van der Waals surface area (Å²) in [6.45, 7) is 2.25. The molecule has 0 spiro atoms. The molecule has 0 radical (unpaired) electrons. The quantitative estimate of drug-likeness (QED) is 0.387. The Morgan fingerprint density at radius 2 is 2.04 bits per heavy atom. The van der Waals surface area contributed by atoms with E-state index in [0.29, 0.717) is 28.2 Å². The SMILES string of the molecule is COc1cc(C=NNc2nc(C)cs2)ccc1OCc1ccc(Cl)cc1Cl. The first-order valence-corrected chi connectivity index (χ1v) is 9.64. The van der Waals surface area contributed by atoms with Crippen molar-refractivity contribution in [3.8, 4) is 11.5 Å². The van der Waals surface area contributed by atoms with E-state index < -0.39 is 0 Å². The number of ether oxygens (including phenoxy) is 2. The zero-order valence-electron chi connectivity index (χ0n) is 14.7. The molecule has 0 saturated carbocycles. The average molecular weight is 422 g/mol. The van der Waals surface area contributed by atoms with Gasteiger partial charge in [0.2, 0.25) is 5.13 Å². The Hall–Kier alpha value is -2.28. The summed E-state index contributed by atoms with van der Waals surface area (Å²) in [5, 5.41) is 8.05. The molecular formula is C19H17Cl2N3O2S. The number of methoxy groups -OCH3 is 1. The molecule has 8 heteroatoms. The third kappa shape index (κ3) is 5.35. The van der Waals surface area contributed by atoms with Crippen molar-refractivity contribution in [1.29, 1.82) is 0 Å². The van der Waals surface area contributed by atoms with Crippen molar-refractivity contribution in [3.05, 3.63) is 68.6 Å². The highest BCUT2D eigenvalue weighted by Gasteiger charge is 2.08. The van der Waals surface area contributed by atoms with Crippen LogP contribution in [-0.4, -0.2) is 18.3 Å². The van der Waals surface area contributed by atoms with Gasteiger partial charge in [0.15, 0.2) is 11.5 Å². The monoisotopic (exact) mass is 421 g/mol. The van der Waals surface area contributed by atoms with Crippen LogP contribution in [0.4, 0.5) is 5.13 Å². The van der Waals surface area contributed by atoms with Crippen LogP contribution in [0.2, 0.25) is 10.0 Å². The van der Waals surface area contributed by atoms with Crippen LogP contribution >= 0.6 is 34.5 Å². The third-order valence-electron chi connectivity index (χ3n) is 3.58. The Balaban J connectivity index is 1.66. The van der Waals surface area contributed by atoms with Crippen molar-refractivity contribution in [2.75, 3.05) is 12.5 Å². The topological polar surface area (TPSA) is 55.7 Å². The lowest BCUT2D eigenvalue weighted by Gasteiger charge is -2.12. The van der Waals surface area contributed by atoms with Crippen molar-refractivity contribution in [2.45, 2.75) is 13.5 Å². The van der Waals surface area contributed by atoms with Gasteiger partial charge in [-0.2, -0.15) is 5.10 Å². The maximum absolute atomic E-state index is 6.18. The second-order valence-corrected chi connectivity index (χ2v) is 7.30. The van der Waals surface area contributed by atoms with Crippen LogP contribution < -0.4 is 14.9 Å². The van der Waals surface area contributed by atoms with E-state index in [4.69, 9.17) is 32.7 Å². The van der Waals surface area contributed by atoms with Crippen LogP contribution in [-0.2, 0) is 6.61 Å². The second kappa shape index (κ2) is 9.08. The average Bonchev–Trinajstić information content (AvgIpc) is 3.06. The highest BCUT2D eigenvalue weighted by atomic mass is 35.5. The highest BCUT2D eigenvalue weighted by molar-refractivity contribution is 7.13. The van der Waals surface area contributed by atoms with Gasteiger partial charge < -0.3 is 9.47 Å². The third-order valence-corrected chi connectivity index (χ3v) is 5.03. The molecule has 2 aromatic carbocycles. The van der Waals surface area contributed by atoms with E-state index in [1.54, 1.807) is 25.5 Å².